The Bertz CT molecular complexity index is 527. The summed E-state index contributed by atoms with van der Waals surface area (Å²) in [4.78, 5) is 19.0. The molecule has 0 radical (unpaired) electrons. The lowest BCUT2D eigenvalue weighted by Gasteiger charge is -2.55. The molecule has 0 aliphatic heterocycles. The van der Waals surface area contributed by atoms with Crippen molar-refractivity contribution < 1.29 is 9.53 Å². The third-order valence-electron chi connectivity index (χ3n) is 5.04. The largest absolute Gasteiger partial charge is 0.378 e. The number of rotatable bonds is 8. The van der Waals surface area contributed by atoms with E-state index in [1.807, 2.05) is 17.3 Å². The van der Waals surface area contributed by atoms with Gasteiger partial charge in [-0.1, -0.05) is 34.1 Å². The monoisotopic (exact) mass is 338 g/mol. The highest BCUT2D eigenvalue weighted by atomic mass is 32.1. The third kappa shape index (κ3) is 4.13. The zero-order valence-corrected chi connectivity index (χ0v) is 15.9. The first-order valence-corrected chi connectivity index (χ1v) is 9.58. The lowest BCUT2D eigenvalue weighted by atomic mass is 9.63. The first-order valence-electron chi connectivity index (χ1n) is 8.70. The topological polar surface area (TPSA) is 42.4 Å². The number of aryl methyl sites for hydroxylation is 1. The van der Waals surface area contributed by atoms with Gasteiger partial charge in [0.2, 0.25) is 5.91 Å². The summed E-state index contributed by atoms with van der Waals surface area (Å²) in [6.07, 6.45) is 4.80. The molecule has 5 heteroatoms. The van der Waals surface area contributed by atoms with E-state index in [1.54, 1.807) is 11.3 Å². The summed E-state index contributed by atoms with van der Waals surface area (Å²) in [7, 11) is 1.92. The third-order valence-corrected chi connectivity index (χ3v) is 6.08. The zero-order chi connectivity index (χ0) is 17.0. The molecule has 2 atom stereocenters. The minimum Gasteiger partial charge on any atom is -0.378 e. The summed E-state index contributed by atoms with van der Waals surface area (Å²) in [5, 5.41) is 3.11. The van der Waals surface area contributed by atoms with Crippen molar-refractivity contribution in [1.82, 2.24) is 9.88 Å². The number of carbonyl (C=O) groups is 1. The van der Waals surface area contributed by atoms with Crippen molar-refractivity contribution in [3.63, 3.8) is 0 Å². The van der Waals surface area contributed by atoms with Gasteiger partial charge in [0.25, 0.3) is 0 Å². The summed E-state index contributed by atoms with van der Waals surface area (Å²) >= 11 is 1.64. The molecule has 23 heavy (non-hydrogen) atoms. The zero-order valence-electron chi connectivity index (χ0n) is 15.1. The van der Waals surface area contributed by atoms with Gasteiger partial charge in [0.15, 0.2) is 0 Å². The smallest absolute Gasteiger partial charge is 0.228 e. The molecule has 0 aromatic carbocycles. The number of thiazole rings is 1. The van der Waals surface area contributed by atoms with Crippen LogP contribution in [0.15, 0.2) is 5.38 Å². The van der Waals surface area contributed by atoms with E-state index in [9.17, 15) is 4.79 Å². The van der Waals surface area contributed by atoms with Crippen LogP contribution < -0.4 is 0 Å². The van der Waals surface area contributed by atoms with Gasteiger partial charge in [-0.2, -0.15) is 0 Å². The first-order chi connectivity index (χ1) is 10.9. The lowest BCUT2D eigenvalue weighted by Crippen LogP contribution is -2.62. The van der Waals surface area contributed by atoms with E-state index < -0.39 is 0 Å². The summed E-state index contributed by atoms with van der Waals surface area (Å²) in [5.41, 5.74) is 0.922. The average molecular weight is 339 g/mol. The van der Waals surface area contributed by atoms with E-state index in [0.29, 0.717) is 6.42 Å². The van der Waals surface area contributed by atoms with Crippen LogP contribution in [0, 0.1) is 5.41 Å². The number of unbranched alkanes of at least 4 members (excludes halogenated alkanes) is 1. The highest BCUT2D eigenvalue weighted by molar-refractivity contribution is 7.09. The maximum Gasteiger partial charge on any atom is 0.228 e. The molecule has 1 saturated carbocycles. The summed E-state index contributed by atoms with van der Waals surface area (Å²) in [5.74, 6) is 0.156. The Kier molecular flexibility index (Phi) is 6.20. The fraction of sp³-hybridized carbons (Fsp3) is 0.778. The number of hydrogen-bond donors (Lipinski definition) is 0. The predicted octanol–water partition coefficient (Wildman–Crippen LogP) is 3.69. The molecule has 0 N–H and O–H groups in total. The maximum absolute atomic E-state index is 12.5. The van der Waals surface area contributed by atoms with Gasteiger partial charge in [0.1, 0.15) is 0 Å². The van der Waals surface area contributed by atoms with E-state index in [0.717, 1.165) is 43.0 Å². The van der Waals surface area contributed by atoms with E-state index in [2.05, 4.69) is 32.7 Å². The molecule has 1 aromatic heterocycles. The van der Waals surface area contributed by atoms with Crippen molar-refractivity contribution >= 4 is 17.2 Å². The number of likely N-dealkylation sites (N-methyl/N-ethyl adjacent to an activating group) is 1. The number of carbonyl (C=O) groups excluding carboxylic acids is 1. The van der Waals surface area contributed by atoms with Gasteiger partial charge in [0.05, 0.1) is 23.2 Å². The molecule has 0 saturated heterocycles. The molecule has 2 rings (SSSR count). The van der Waals surface area contributed by atoms with Gasteiger partial charge < -0.3 is 9.64 Å². The van der Waals surface area contributed by atoms with Crippen molar-refractivity contribution in [2.75, 3.05) is 13.7 Å². The number of amides is 1. The van der Waals surface area contributed by atoms with Crippen LogP contribution in [0.1, 0.15) is 57.7 Å². The Balaban J connectivity index is 1.87. The predicted molar refractivity (Wildman–Crippen MR) is 94.8 cm³/mol. The van der Waals surface area contributed by atoms with Crippen LogP contribution in [0.3, 0.4) is 0 Å². The maximum atomic E-state index is 12.5. The Hall–Kier alpha value is -0.940. The standard InChI is InChI=1S/C18H30N2O2S/c1-6-8-9-22-15-11-14(18(15,3)4)20(5)17(21)10-13-12-23-16(7-2)19-13/h12,14-15H,6-11H2,1-5H3/t14-,15+/m0/s1. The molecule has 4 nitrogen and oxygen atoms in total. The van der Waals surface area contributed by atoms with E-state index >= 15 is 0 Å². The molecule has 1 aromatic rings. The van der Waals surface area contributed by atoms with Crippen molar-refractivity contribution in [2.45, 2.75) is 71.9 Å². The molecule has 0 bridgehead atoms. The normalized spacial score (nSPS) is 22.7. The fourth-order valence-electron chi connectivity index (χ4n) is 3.22. The lowest BCUT2D eigenvalue weighted by molar-refractivity contribution is -0.164. The second kappa shape index (κ2) is 7.75. The highest BCUT2D eigenvalue weighted by Gasteiger charge is 2.51. The summed E-state index contributed by atoms with van der Waals surface area (Å²) in [6.45, 7) is 9.51. The van der Waals surface area contributed by atoms with Crippen LogP contribution in [-0.2, 0) is 22.4 Å². The average Bonchev–Trinajstić information content (AvgIpc) is 2.97. The Morgan fingerprint density at radius 2 is 2.22 bits per heavy atom. The van der Waals surface area contributed by atoms with Gasteiger partial charge in [0, 0.05) is 30.5 Å². The van der Waals surface area contributed by atoms with Crippen LogP contribution in [0.2, 0.25) is 0 Å². The van der Waals surface area contributed by atoms with Crippen molar-refractivity contribution in [1.29, 1.82) is 0 Å². The molecule has 1 fully saturated rings. The second-order valence-electron chi connectivity index (χ2n) is 7.05. The SMILES string of the molecule is CCCCO[C@@H]1C[C@H](N(C)C(=O)Cc2csc(CC)n2)C1(C)C. The van der Waals surface area contributed by atoms with Crippen LogP contribution >= 0.6 is 11.3 Å². The van der Waals surface area contributed by atoms with Gasteiger partial charge in [-0.3, -0.25) is 4.79 Å². The minimum atomic E-state index is 0.0226. The molecule has 1 heterocycles. The van der Waals surface area contributed by atoms with Crippen molar-refractivity contribution in [2.24, 2.45) is 5.41 Å². The molecule has 130 valence electrons. The Labute approximate surface area is 144 Å². The summed E-state index contributed by atoms with van der Waals surface area (Å²) in [6, 6.07) is 0.255. The minimum absolute atomic E-state index is 0.0226. The van der Waals surface area contributed by atoms with Gasteiger partial charge in [-0.15, -0.1) is 11.3 Å². The van der Waals surface area contributed by atoms with Gasteiger partial charge in [-0.25, -0.2) is 4.98 Å². The first kappa shape index (κ1) is 18.4. The van der Waals surface area contributed by atoms with E-state index in [1.165, 1.54) is 0 Å². The van der Waals surface area contributed by atoms with Crippen LogP contribution in [-0.4, -0.2) is 41.6 Å². The highest BCUT2D eigenvalue weighted by Crippen LogP contribution is 2.45. The van der Waals surface area contributed by atoms with Crippen molar-refractivity contribution in [3.8, 4) is 0 Å². The molecule has 0 unspecified atom stereocenters. The second-order valence-corrected chi connectivity index (χ2v) is 8.00. The van der Waals surface area contributed by atoms with Gasteiger partial charge >= 0.3 is 0 Å². The van der Waals surface area contributed by atoms with E-state index in [4.69, 9.17) is 4.74 Å². The van der Waals surface area contributed by atoms with Crippen molar-refractivity contribution in [3.05, 3.63) is 16.1 Å². The number of ether oxygens (including phenoxy) is 1. The number of hydrogen-bond acceptors (Lipinski definition) is 4. The number of nitrogens with zero attached hydrogens (tertiary/aromatic N) is 2. The Morgan fingerprint density at radius 1 is 1.48 bits per heavy atom. The van der Waals surface area contributed by atoms with Crippen LogP contribution in [0.5, 0.6) is 0 Å². The molecular weight excluding hydrogens is 308 g/mol. The Morgan fingerprint density at radius 3 is 2.78 bits per heavy atom. The van der Waals surface area contributed by atoms with E-state index in [-0.39, 0.29) is 23.5 Å². The number of aromatic nitrogens is 1. The molecule has 1 amide bonds. The van der Waals surface area contributed by atoms with Gasteiger partial charge in [-0.05, 0) is 19.3 Å². The molecular formula is C18H30N2O2S. The molecule has 1 aliphatic carbocycles. The molecule has 0 spiro atoms. The quantitative estimate of drug-likeness (QED) is 0.679. The summed E-state index contributed by atoms with van der Waals surface area (Å²) < 4.78 is 5.98. The van der Waals surface area contributed by atoms with Crippen LogP contribution in [0.4, 0.5) is 0 Å². The molecule has 1 aliphatic rings. The fourth-order valence-corrected chi connectivity index (χ4v) is 3.97. The van der Waals surface area contributed by atoms with Crippen LogP contribution in [0.25, 0.3) is 0 Å².